The van der Waals surface area contributed by atoms with Crippen LogP contribution in [0.25, 0.3) is 0 Å². The minimum absolute atomic E-state index is 0.0824. The van der Waals surface area contributed by atoms with Crippen LogP contribution in [0.3, 0.4) is 0 Å². The number of alkyl halides is 1. The molecule has 0 spiro atoms. The predicted molar refractivity (Wildman–Crippen MR) is 64.2 cm³/mol. The van der Waals surface area contributed by atoms with Crippen molar-refractivity contribution in [3.05, 3.63) is 0 Å². The number of nitrogens with one attached hydrogen (secondary N) is 1. The highest BCUT2D eigenvalue weighted by Crippen LogP contribution is 2.23. The van der Waals surface area contributed by atoms with E-state index >= 15 is 0 Å². The Bertz CT molecular complexity index is 199. The van der Waals surface area contributed by atoms with Gasteiger partial charge in [-0.05, 0) is 25.7 Å². The van der Waals surface area contributed by atoms with Gasteiger partial charge in [-0.3, -0.25) is 4.79 Å². The third-order valence-corrected chi connectivity index (χ3v) is 3.37. The number of ether oxygens (including phenoxy) is 1. The van der Waals surface area contributed by atoms with Gasteiger partial charge in [0, 0.05) is 18.5 Å². The zero-order valence-electron chi connectivity index (χ0n) is 9.30. The first-order chi connectivity index (χ1) is 7.29. The van der Waals surface area contributed by atoms with Crippen molar-refractivity contribution in [3.8, 4) is 0 Å². The zero-order chi connectivity index (χ0) is 11.1. The topological polar surface area (TPSA) is 38.3 Å². The Hall–Kier alpha value is -0.0900. The summed E-state index contributed by atoms with van der Waals surface area (Å²) < 4.78 is 5.49. The van der Waals surface area contributed by atoms with E-state index in [0.717, 1.165) is 44.2 Å². The van der Waals surface area contributed by atoms with E-state index in [1.165, 1.54) is 0 Å². The molecule has 1 saturated heterocycles. The van der Waals surface area contributed by atoms with Gasteiger partial charge in [0.05, 0.1) is 12.0 Å². The van der Waals surface area contributed by atoms with Crippen LogP contribution in [-0.4, -0.2) is 30.5 Å². The van der Waals surface area contributed by atoms with Gasteiger partial charge in [0.15, 0.2) is 0 Å². The molecule has 1 N–H and O–H groups in total. The molecule has 0 bridgehead atoms. The van der Waals surface area contributed by atoms with Crippen LogP contribution < -0.4 is 5.32 Å². The average molecular weight is 278 g/mol. The fraction of sp³-hybridized carbons (Fsp3) is 0.909. The maximum absolute atomic E-state index is 11.8. The van der Waals surface area contributed by atoms with Gasteiger partial charge in [-0.15, -0.1) is 0 Å². The molecular formula is C11H20BrNO2. The third kappa shape index (κ3) is 4.11. The molecule has 0 aromatic carbocycles. The number of carbonyl (C=O) groups excluding carboxylic acids is 1. The van der Waals surface area contributed by atoms with Crippen molar-refractivity contribution in [2.75, 3.05) is 18.5 Å². The van der Waals surface area contributed by atoms with Crippen LogP contribution in [0.5, 0.6) is 0 Å². The van der Waals surface area contributed by atoms with Crippen LogP contribution in [0.2, 0.25) is 0 Å². The molecule has 4 heteroatoms. The quantitative estimate of drug-likeness (QED) is 0.597. The second kappa shape index (κ2) is 7.23. The Morgan fingerprint density at radius 3 is 3.00 bits per heavy atom. The highest BCUT2D eigenvalue weighted by Gasteiger charge is 2.32. The van der Waals surface area contributed by atoms with E-state index in [1.807, 2.05) is 0 Å². The van der Waals surface area contributed by atoms with Gasteiger partial charge in [-0.1, -0.05) is 22.9 Å². The number of carbonyl (C=O) groups is 1. The lowest BCUT2D eigenvalue weighted by Crippen LogP contribution is -2.35. The predicted octanol–water partition coefficient (Wildman–Crippen LogP) is 2.09. The van der Waals surface area contributed by atoms with E-state index in [4.69, 9.17) is 4.74 Å². The lowest BCUT2D eigenvalue weighted by Gasteiger charge is -2.16. The minimum atomic E-state index is 0.0824. The Labute approximate surface area is 100 Å². The van der Waals surface area contributed by atoms with E-state index in [0.29, 0.717) is 0 Å². The number of hydrogen-bond donors (Lipinski definition) is 1. The van der Waals surface area contributed by atoms with Crippen molar-refractivity contribution >= 4 is 21.8 Å². The lowest BCUT2D eigenvalue weighted by atomic mass is 9.99. The minimum Gasteiger partial charge on any atom is -0.377 e. The van der Waals surface area contributed by atoms with Crippen molar-refractivity contribution < 1.29 is 9.53 Å². The number of rotatable bonds is 6. The summed E-state index contributed by atoms with van der Waals surface area (Å²) in [5, 5.41) is 3.99. The molecule has 2 unspecified atom stereocenters. The number of hydrogen-bond acceptors (Lipinski definition) is 2. The van der Waals surface area contributed by atoms with Crippen LogP contribution in [0, 0.1) is 5.92 Å². The lowest BCUT2D eigenvalue weighted by molar-refractivity contribution is -0.126. The second-order valence-corrected chi connectivity index (χ2v) is 4.69. The monoisotopic (exact) mass is 277 g/mol. The molecular weight excluding hydrogens is 258 g/mol. The average Bonchev–Trinajstić information content (AvgIpc) is 2.72. The largest absolute Gasteiger partial charge is 0.377 e. The molecule has 1 amide bonds. The summed E-state index contributed by atoms with van der Waals surface area (Å²) >= 11 is 3.37. The fourth-order valence-electron chi connectivity index (χ4n) is 1.91. The standard InChI is InChI=1S/C11H20BrNO2/c1-2-10-9(5-8-15-10)11(14)13-7-4-3-6-12/h9-10H,2-8H2,1H3,(H,13,14). The van der Waals surface area contributed by atoms with Crippen molar-refractivity contribution in [1.29, 1.82) is 0 Å². The summed E-state index contributed by atoms with van der Waals surface area (Å²) in [5.74, 6) is 0.257. The molecule has 1 aliphatic rings. The molecule has 15 heavy (non-hydrogen) atoms. The van der Waals surface area contributed by atoms with Crippen LogP contribution in [0.1, 0.15) is 32.6 Å². The molecule has 1 aliphatic heterocycles. The summed E-state index contributed by atoms with van der Waals surface area (Å²) in [5.41, 5.74) is 0. The van der Waals surface area contributed by atoms with E-state index in [9.17, 15) is 4.79 Å². The summed E-state index contributed by atoms with van der Waals surface area (Å²) in [7, 11) is 0. The first-order valence-corrected chi connectivity index (χ1v) is 6.87. The number of halogens is 1. The smallest absolute Gasteiger partial charge is 0.225 e. The van der Waals surface area contributed by atoms with E-state index in [-0.39, 0.29) is 17.9 Å². The maximum atomic E-state index is 11.8. The summed E-state index contributed by atoms with van der Waals surface area (Å²) in [4.78, 5) is 11.8. The highest BCUT2D eigenvalue weighted by molar-refractivity contribution is 9.09. The van der Waals surface area contributed by atoms with Crippen LogP contribution in [-0.2, 0) is 9.53 Å². The number of amides is 1. The Morgan fingerprint density at radius 1 is 1.53 bits per heavy atom. The summed E-state index contributed by atoms with van der Waals surface area (Å²) in [6.45, 7) is 3.59. The van der Waals surface area contributed by atoms with Crippen molar-refractivity contribution in [2.45, 2.75) is 38.7 Å². The zero-order valence-corrected chi connectivity index (χ0v) is 10.9. The second-order valence-electron chi connectivity index (χ2n) is 3.90. The normalized spacial score (nSPS) is 25.5. The third-order valence-electron chi connectivity index (χ3n) is 2.81. The van der Waals surface area contributed by atoms with Crippen molar-refractivity contribution in [1.82, 2.24) is 5.32 Å². The maximum Gasteiger partial charge on any atom is 0.225 e. The van der Waals surface area contributed by atoms with Crippen LogP contribution >= 0.6 is 15.9 Å². The molecule has 1 heterocycles. The Kier molecular flexibility index (Phi) is 6.25. The van der Waals surface area contributed by atoms with Crippen LogP contribution in [0.4, 0.5) is 0 Å². The summed E-state index contributed by atoms with van der Waals surface area (Å²) in [6, 6.07) is 0. The molecule has 1 fully saturated rings. The van der Waals surface area contributed by atoms with Gasteiger partial charge in [-0.2, -0.15) is 0 Å². The first kappa shape index (κ1) is 13.0. The molecule has 3 nitrogen and oxygen atoms in total. The Morgan fingerprint density at radius 2 is 2.33 bits per heavy atom. The molecule has 88 valence electrons. The molecule has 0 saturated carbocycles. The van der Waals surface area contributed by atoms with Gasteiger partial charge < -0.3 is 10.1 Å². The number of unbranched alkanes of at least 4 members (excludes halogenated alkanes) is 1. The van der Waals surface area contributed by atoms with Gasteiger partial charge in [0.25, 0.3) is 0 Å². The van der Waals surface area contributed by atoms with Crippen molar-refractivity contribution in [3.63, 3.8) is 0 Å². The summed E-state index contributed by atoms with van der Waals surface area (Å²) in [6.07, 6.45) is 4.10. The van der Waals surface area contributed by atoms with Crippen LogP contribution in [0.15, 0.2) is 0 Å². The van der Waals surface area contributed by atoms with Gasteiger partial charge >= 0.3 is 0 Å². The SMILES string of the molecule is CCC1OCCC1C(=O)NCCCCBr. The highest BCUT2D eigenvalue weighted by atomic mass is 79.9. The first-order valence-electron chi connectivity index (χ1n) is 5.74. The molecule has 0 aliphatic carbocycles. The Balaban J connectivity index is 2.21. The molecule has 2 atom stereocenters. The molecule has 0 radical (unpaired) electrons. The van der Waals surface area contributed by atoms with E-state index in [1.54, 1.807) is 0 Å². The van der Waals surface area contributed by atoms with Gasteiger partial charge in [0.2, 0.25) is 5.91 Å². The van der Waals surface area contributed by atoms with Gasteiger partial charge in [0.1, 0.15) is 0 Å². The van der Waals surface area contributed by atoms with Crippen molar-refractivity contribution in [2.24, 2.45) is 5.92 Å². The van der Waals surface area contributed by atoms with E-state index < -0.39 is 0 Å². The van der Waals surface area contributed by atoms with Gasteiger partial charge in [-0.25, -0.2) is 0 Å². The molecule has 0 aromatic rings. The fourth-order valence-corrected chi connectivity index (χ4v) is 2.31. The molecule has 1 rings (SSSR count). The van der Waals surface area contributed by atoms with E-state index in [2.05, 4.69) is 28.2 Å². The molecule has 0 aromatic heterocycles.